The molecule has 0 aromatic rings. The molecule has 1 saturated heterocycles. The van der Waals surface area contributed by atoms with Crippen molar-refractivity contribution in [1.29, 1.82) is 0 Å². The topological polar surface area (TPSA) is 3.24 Å². The average Bonchev–Trinajstić information content (AvgIpc) is 1.96. The first-order chi connectivity index (χ1) is 5.81. The fraction of sp³-hybridized carbons (Fsp3) is 1.00. The summed E-state index contributed by atoms with van der Waals surface area (Å²) in [6, 6.07) is 0. The molecule has 2 aliphatic rings. The van der Waals surface area contributed by atoms with Crippen LogP contribution in [0.15, 0.2) is 0 Å². The van der Waals surface area contributed by atoms with Crippen LogP contribution in [0.3, 0.4) is 0 Å². The van der Waals surface area contributed by atoms with Crippen molar-refractivity contribution < 1.29 is 0 Å². The van der Waals surface area contributed by atoms with Crippen LogP contribution in [0.4, 0.5) is 0 Å². The Hall–Kier alpha value is -0.0400. The van der Waals surface area contributed by atoms with Gasteiger partial charge in [0, 0.05) is 13.1 Å². The third kappa shape index (κ3) is 1.39. The number of likely N-dealkylation sites (tertiary alicyclic amines) is 1. The minimum absolute atomic E-state index is 1.03. The summed E-state index contributed by atoms with van der Waals surface area (Å²) in [4.78, 5) is 2.54. The molecule has 1 heteroatoms. The average molecular weight is 167 g/mol. The lowest BCUT2D eigenvalue weighted by molar-refractivity contribution is 0.00213. The first-order valence-corrected chi connectivity index (χ1v) is 5.49. The van der Waals surface area contributed by atoms with Crippen molar-refractivity contribution in [2.24, 2.45) is 17.8 Å². The zero-order valence-electron chi connectivity index (χ0n) is 8.42. The smallest absolute Gasteiger partial charge is 0.000949 e. The summed E-state index contributed by atoms with van der Waals surface area (Å²) in [6.07, 6.45) is 5.88. The minimum atomic E-state index is 1.03. The van der Waals surface area contributed by atoms with E-state index in [-0.39, 0.29) is 0 Å². The molecule has 2 fully saturated rings. The molecule has 1 heterocycles. The first-order valence-electron chi connectivity index (χ1n) is 5.49. The molecule has 0 N–H and O–H groups in total. The van der Waals surface area contributed by atoms with E-state index in [0.717, 1.165) is 17.8 Å². The lowest BCUT2D eigenvalue weighted by Crippen LogP contribution is -2.49. The molecule has 0 aromatic carbocycles. The van der Waals surface area contributed by atoms with Gasteiger partial charge in [-0.2, -0.15) is 0 Å². The van der Waals surface area contributed by atoms with E-state index < -0.39 is 0 Å². The fourth-order valence-corrected chi connectivity index (χ4v) is 3.13. The molecule has 3 unspecified atom stereocenters. The number of piperidine rings is 1. The third-order valence-electron chi connectivity index (χ3n) is 3.83. The second-order valence-corrected chi connectivity index (χ2v) is 4.77. The van der Waals surface area contributed by atoms with E-state index in [9.17, 15) is 0 Å². The van der Waals surface area contributed by atoms with E-state index in [4.69, 9.17) is 0 Å². The summed E-state index contributed by atoms with van der Waals surface area (Å²) < 4.78 is 0. The fourth-order valence-electron chi connectivity index (χ4n) is 3.13. The lowest BCUT2D eigenvalue weighted by atomic mass is 9.63. The molecule has 1 aliphatic carbocycles. The number of nitrogens with zero attached hydrogens (tertiary/aromatic N) is 1. The molecule has 3 atom stereocenters. The Labute approximate surface area is 76.1 Å². The Kier molecular flexibility index (Phi) is 2.40. The van der Waals surface area contributed by atoms with Gasteiger partial charge in [-0.25, -0.2) is 0 Å². The van der Waals surface area contributed by atoms with Crippen LogP contribution in [0.2, 0.25) is 0 Å². The standard InChI is InChI=1S/C11H21N/c1-3-4-9-7-12(2)8-10-5-6-11(9)10/h9-11H,3-8H2,1-2H3. The zero-order valence-corrected chi connectivity index (χ0v) is 8.42. The van der Waals surface area contributed by atoms with Crippen LogP contribution in [-0.2, 0) is 0 Å². The van der Waals surface area contributed by atoms with Crippen LogP contribution in [-0.4, -0.2) is 25.0 Å². The van der Waals surface area contributed by atoms with E-state index in [1.165, 1.54) is 38.8 Å². The second-order valence-electron chi connectivity index (χ2n) is 4.77. The quantitative estimate of drug-likeness (QED) is 0.610. The number of fused-ring (bicyclic) bond motifs is 1. The SMILES string of the molecule is CCCC1CN(C)CC2CCC12. The predicted molar refractivity (Wildman–Crippen MR) is 52.1 cm³/mol. The number of hydrogen-bond donors (Lipinski definition) is 0. The maximum atomic E-state index is 2.54. The highest BCUT2D eigenvalue weighted by atomic mass is 15.1. The Morgan fingerprint density at radius 2 is 2.08 bits per heavy atom. The molecule has 0 aromatic heterocycles. The summed E-state index contributed by atoms with van der Waals surface area (Å²) in [7, 11) is 2.29. The highest BCUT2D eigenvalue weighted by Gasteiger charge is 2.40. The normalized spacial score (nSPS) is 42.0. The van der Waals surface area contributed by atoms with Crippen LogP contribution in [0.1, 0.15) is 32.6 Å². The van der Waals surface area contributed by atoms with Crippen molar-refractivity contribution in [2.45, 2.75) is 32.6 Å². The molecule has 1 aliphatic heterocycles. The molecule has 0 amide bonds. The van der Waals surface area contributed by atoms with E-state index in [1.807, 2.05) is 0 Å². The molecule has 0 bridgehead atoms. The minimum Gasteiger partial charge on any atom is -0.306 e. The summed E-state index contributed by atoms with van der Waals surface area (Å²) in [5, 5.41) is 0. The molecule has 1 saturated carbocycles. The Bertz CT molecular complexity index is 155. The number of hydrogen-bond acceptors (Lipinski definition) is 1. The van der Waals surface area contributed by atoms with Crippen LogP contribution in [0, 0.1) is 17.8 Å². The van der Waals surface area contributed by atoms with E-state index in [1.54, 1.807) is 0 Å². The van der Waals surface area contributed by atoms with Gasteiger partial charge < -0.3 is 4.90 Å². The van der Waals surface area contributed by atoms with Crippen LogP contribution in [0.25, 0.3) is 0 Å². The van der Waals surface area contributed by atoms with Gasteiger partial charge in [-0.1, -0.05) is 13.3 Å². The van der Waals surface area contributed by atoms with E-state index in [2.05, 4.69) is 18.9 Å². The van der Waals surface area contributed by atoms with Gasteiger partial charge in [0.15, 0.2) is 0 Å². The van der Waals surface area contributed by atoms with Crippen LogP contribution >= 0.6 is 0 Å². The summed E-state index contributed by atoms with van der Waals surface area (Å²) in [6.45, 7) is 5.07. The lowest BCUT2D eigenvalue weighted by Gasteiger charge is -2.49. The van der Waals surface area contributed by atoms with Crippen molar-refractivity contribution in [3.63, 3.8) is 0 Å². The molecular weight excluding hydrogens is 146 g/mol. The van der Waals surface area contributed by atoms with Gasteiger partial charge >= 0.3 is 0 Å². The molecule has 0 radical (unpaired) electrons. The highest BCUT2D eigenvalue weighted by molar-refractivity contribution is 4.92. The van der Waals surface area contributed by atoms with Gasteiger partial charge in [0.2, 0.25) is 0 Å². The van der Waals surface area contributed by atoms with Gasteiger partial charge in [-0.15, -0.1) is 0 Å². The van der Waals surface area contributed by atoms with Crippen molar-refractivity contribution in [3.05, 3.63) is 0 Å². The summed E-state index contributed by atoms with van der Waals surface area (Å²) >= 11 is 0. The molecular formula is C11H21N. The first kappa shape index (κ1) is 8.55. The van der Waals surface area contributed by atoms with Gasteiger partial charge in [0.1, 0.15) is 0 Å². The molecule has 12 heavy (non-hydrogen) atoms. The van der Waals surface area contributed by atoms with Crippen molar-refractivity contribution in [3.8, 4) is 0 Å². The second kappa shape index (κ2) is 3.37. The van der Waals surface area contributed by atoms with Crippen LogP contribution < -0.4 is 0 Å². The number of rotatable bonds is 2. The van der Waals surface area contributed by atoms with Gasteiger partial charge in [0.05, 0.1) is 0 Å². The van der Waals surface area contributed by atoms with E-state index >= 15 is 0 Å². The zero-order chi connectivity index (χ0) is 8.55. The van der Waals surface area contributed by atoms with Crippen molar-refractivity contribution >= 4 is 0 Å². The monoisotopic (exact) mass is 167 g/mol. The maximum Gasteiger partial charge on any atom is 0.000949 e. The Morgan fingerprint density at radius 3 is 2.67 bits per heavy atom. The van der Waals surface area contributed by atoms with Gasteiger partial charge in [-0.3, -0.25) is 0 Å². The predicted octanol–water partition coefficient (Wildman–Crippen LogP) is 2.37. The van der Waals surface area contributed by atoms with Gasteiger partial charge in [-0.05, 0) is 44.1 Å². The summed E-state index contributed by atoms with van der Waals surface area (Å²) in [5.41, 5.74) is 0. The van der Waals surface area contributed by atoms with E-state index in [0.29, 0.717) is 0 Å². The van der Waals surface area contributed by atoms with Crippen molar-refractivity contribution in [1.82, 2.24) is 4.90 Å². The third-order valence-corrected chi connectivity index (χ3v) is 3.83. The molecule has 2 rings (SSSR count). The highest BCUT2D eigenvalue weighted by Crippen LogP contribution is 2.44. The molecule has 0 spiro atoms. The maximum absolute atomic E-state index is 2.54. The molecule has 1 nitrogen and oxygen atoms in total. The van der Waals surface area contributed by atoms with Gasteiger partial charge in [0.25, 0.3) is 0 Å². The molecule has 70 valence electrons. The Balaban J connectivity index is 1.92. The van der Waals surface area contributed by atoms with Crippen LogP contribution in [0.5, 0.6) is 0 Å². The Morgan fingerprint density at radius 1 is 1.25 bits per heavy atom. The van der Waals surface area contributed by atoms with Crippen molar-refractivity contribution in [2.75, 3.05) is 20.1 Å². The summed E-state index contributed by atoms with van der Waals surface area (Å²) in [5.74, 6) is 3.22. The largest absolute Gasteiger partial charge is 0.306 e.